The van der Waals surface area contributed by atoms with E-state index in [1.165, 1.54) is 16.7 Å². The fraction of sp³-hybridized carbons (Fsp3) is 0.0909. The van der Waals surface area contributed by atoms with Crippen LogP contribution in [0.2, 0.25) is 0 Å². The van der Waals surface area contributed by atoms with E-state index in [0.29, 0.717) is 9.23 Å². The molecule has 1 amide bonds. The summed E-state index contributed by atoms with van der Waals surface area (Å²) in [4.78, 5) is 13.7. The minimum Gasteiger partial charge on any atom is -0.465 e. The Hall–Kier alpha value is -1.33. The number of carbonyl (C=O) groups excluding carboxylic acids is 1. The molecule has 0 unspecified atom stereocenters. The van der Waals surface area contributed by atoms with E-state index in [2.05, 4.69) is 0 Å². The zero-order valence-corrected chi connectivity index (χ0v) is 10.2. The van der Waals surface area contributed by atoms with Crippen molar-refractivity contribution >= 4 is 40.3 Å². The number of rotatable bonds is 2. The topological polar surface area (TPSA) is 33.5 Å². The summed E-state index contributed by atoms with van der Waals surface area (Å²) in [5.74, 6) is 0.697. The van der Waals surface area contributed by atoms with E-state index >= 15 is 0 Å². The second-order valence-electron chi connectivity index (χ2n) is 3.14. The van der Waals surface area contributed by atoms with Gasteiger partial charge in [0.15, 0.2) is 0 Å². The van der Waals surface area contributed by atoms with Crippen LogP contribution in [0.25, 0.3) is 6.08 Å². The number of thiocarbonyl (C=S) groups is 1. The van der Waals surface area contributed by atoms with Crippen molar-refractivity contribution < 1.29 is 9.21 Å². The van der Waals surface area contributed by atoms with Crippen LogP contribution in [-0.2, 0) is 4.79 Å². The molecule has 5 heteroatoms. The maximum atomic E-state index is 11.6. The summed E-state index contributed by atoms with van der Waals surface area (Å²) in [7, 11) is 1.68. The fourth-order valence-electron chi connectivity index (χ4n) is 1.18. The van der Waals surface area contributed by atoms with Crippen LogP contribution >= 0.6 is 24.0 Å². The van der Waals surface area contributed by atoms with Crippen molar-refractivity contribution in [2.75, 3.05) is 7.05 Å². The SMILES string of the molecule is CN1C(=O)/C(=C/C=C/c2ccco2)SC1=S. The Balaban J connectivity index is 2.09. The molecule has 1 fully saturated rings. The summed E-state index contributed by atoms with van der Waals surface area (Å²) >= 11 is 6.32. The predicted octanol–water partition coefficient (Wildman–Crippen LogP) is 2.67. The van der Waals surface area contributed by atoms with E-state index in [1.54, 1.807) is 31.5 Å². The average molecular weight is 251 g/mol. The Kier molecular flexibility index (Phi) is 3.26. The van der Waals surface area contributed by atoms with Crippen LogP contribution in [0.5, 0.6) is 0 Å². The highest BCUT2D eigenvalue weighted by Gasteiger charge is 2.27. The smallest absolute Gasteiger partial charge is 0.265 e. The molecular weight excluding hydrogens is 242 g/mol. The molecule has 1 aliphatic rings. The van der Waals surface area contributed by atoms with Gasteiger partial charge in [-0.15, -0.1) is 0 Å². The molecule has 0 N–H and O–H groups in total. The van der Waals surface area contributed by atoms with Gasteiger partial charge in [-0.2, -0.15) is 0 Å². The second kappa shape index (κ2) is 4.67. The summed E-state index contributed by atoms with van der Waals surface area (Å²) in [5.41, 5.74) is 0. The number of allylic oxidation sites excluding steroid dienone is 2. The highest BCUT2D eigenvalue weighted by atomic mass is 32.2. The van der Waals surface area contributed by atoms with Crippen molar-refractivity contribution in [3.63, 3.8) is 0 Å². The van der Waals surface area contributed by atoms with Crippen LogP contribution in [0, 0.1) is 0 Å². The van der Waals surface area contributed by atoms with E-state index in [4.69, 9.17) is 16.6 Å². The number of furan rings is 1. The molecule has 0 spiro atoms. The Morgan fingerprint density at radius 1 is 1.56 bits per heavy atom. The third-order valence-corrected chi connectivity index (χ3v) is 3.54. The summed E-state index contributed by atoms with van der Waals surface area (Å²) in [6.07, 6.45) is 6.92. The summed E-state index contributed by atoms with van der Waals surface area (Å²) in [6.45, 7) is 0. The maximum absolute atomic E-state index is 11.6. The number of nitrogens with zero attached hydrogens (tertiary/aromatic N) is 1. The molecular formula is C11H9NO2S2. The molecule has 0 bridgehead atoms. The van der Waals surface area contributed by atoms with Gasteiger partial charge in [-0.25, -0.2) is 0 Å². The van der Waals surface area contributed by atoms with Crippen LogP contribution in [0.15, 0.2) is 39.9 Å². The lowest BCUT2D eigenvalue weighted by atomic mass is 10.3. The van der Waals surface area contributed by atoms with Gasteiger partial charge in [-0.3, -0.25) is 9.69 Å². The Labute approximate surface area is 103 Å². The summed E-state index contributed by atoms with van der Waals surface area (Å²) < 4.78 is 5.71. The third-order valence-electron chi connectivity index (χ3n) is 2.04. The molecule has 1 aromatic heterocycles. The number of thioether (sulfide) groups is 1. The lowest BCUT2D eigenvalue weighted by Crippen LogP contribution is -2.22. The van der Waals surface area contributed by atoms with Gasteiger partial charge in [-0.05, 0) is 24.3 Å². The van der Waals surface area contributed by atoms with Gasteiger partial charge in [0.05, 0.1) is 11.2 Å². The number of carbonyl (C=O) groups is 1. The molecule has 0 aliphatic carbocycles. The first-order chi connectivity index (χ1) is 7.68. The first-order valence-corrected chi connectivity index (χ1v) is 5.82. The first kappa shape index (κ1) is 11.2. The lowest BCUT2D eigenvalue weighted by molar-refractivity contribution is -0.121. The molecule has 2 rings (SSSR count). The number of hydrogen-bond acceptors (Lipinski definition) is 4. The first-order valence-electron chi connectivity index (χ1n) is 4.60. The van der Waals surface area contributed by atoms with Gasteiger partial charge < -0.3 is 4.42 Å². The van der Waals surface area contributed by atoms with Crippen LogP contribution in [0.4, 0.5) is 0 Å². The molecule has 0 radical (unpaired) electrons. The normalized spacial score (nSPS) is 19.3. The second-order valence-corrected chi connectivity index (χ2v) is 4.81. The molecule has 2 heterocycles. The van der Waals surface area contributed by atoms with E-state index in [9.17, 15) is 4.79 Å². The van der Waals surface area contributed by atoms with Crippen molar-refractivity contribution in [1.82, 2.24) is 4.90 Å². The minimum absolute atomic E-state index is 0.0564. The highest BCUT2D eigenvalue weighted by Crippen LogP contribution is 2.29. The fourth-order valence-corrected chi connectivity index (χ4v) is 2.31. The van der Waals surface area contributed by atoms with E-state index in [1.807, 2.05) is 12.1 Å². The van der Waals surface area contributed by atoms with Crippen molar-refractivity contribution in [3.05, 3.63) is 41.2 Å². The summed E-state index contributed by atoms with van der Waals surface area (Å²) in [5, 5.41) is 0. The van der Waals surface area contributed by atoms with Gasteiger partial charge >= 0.3 is 0 Å². The van der Waals surface area contributed by atoms with Crippen molar-refractivity contribution in [1.29, 1.82) is 0 Å². The monoisotopic (exact) mass is 251 g/mol. The molecule has 0 atom stereocenters. The molecule has 0 aromatic carbocycles. The Morgan fingerprint density at radius 3 is 2.94 bits per heavy atom. The van der Waals surface area contributed by atoms with Crippen LogP contribution in [0.1, 0.15) is 5.76 Å². The lowest BCUT2D eigenvalue weighted by Gasteiger charge is -2.03. The average Bonchev–Trinajstić information content (AvgIpc) is 2.85. The highest BCUT2D eigenvalue weighted by molar-refractivity contribution is 8.26. The zero-order chi connectivity index (χ0) is 11.5. The molecule has 3 nitrogen and oxygen atoms in total. The molecule has 1 aliphatic heterocycles. The quantitative estimate of drug-likeness (QED) is 0.597. The maximum Gasteiger partial charge on any atom is 0.265 e. The molecule has 1 aromatic rings. The Morgan fingerprint density at radius 2 is 2.38 bits per heavy atom. The Bertz CT molecular complexity index is 474. The molecule has 1 saturated heterocycles. The minimum atomic E-state index is -0.0564. The standard InChI is InChI=1S/C11H9NO2S2/c1-12-10(13)9(16-11(12)15)6-2-4-8-5-3-7-14-8/h2-7H,1H3/b4-2+,9-6-. The molecule has 0 saturated carbocycles. The predicted molar refractivity (Wildman–Crippen MR) is 68.8 cm³/mol. The van der Waals surface area contributed by atoms with E-state index in [-0.39, 0.29) is 5.91 Å². The number of hydrogen-bond donors (Lipinski definition) is 0. The van der Waals surface area contributed by atoms with Crippen molar-refractivity contribution in [2.24, 2.45) is 0 Å². The van der Waals surface area contributed by atoms with E-state index in [0.717, 1.165) is 5.76 Å². The van der Waals surface area contributed by atoms with E-state index < -0.39 is 0 Å². The number of amides is 1. The largest absolute Gasteiger partial charge is 0.465 e. The molecule has 16 heavy (non-hydrogen) atoms. The zero-order valence-electron chi connectivity index (χ0n) is 8.54. The third kappa shape index (κ3) is 2.25. The number of likely N-dealkylation sites (N-methyl/N-ethyl adjacent to an activating group) is 1. The van der Waals surface area contributed by atoms with Gasteiger partial charge in [0, 0.05) is 7.05 Å². The summed E-state index contributed by atoms with van der Waals surface area (Å²) in [6, 6.07) is 3.65. The van der Waals surface area contributed by atoms with Gasteiger partial charge in [0.2, 0.25) is 0 Å². The van der Waals surface area contributed by atoms with Gasteiger partial charge in [0.25, 0.3) is 5.91 Å². The van der Waals surface area contributed by atoms with Crippen LogP contribution < -0.4 is 0 Å². The van der Waals surface area contributed by atoms with Crippen LogP contribution in [0.3, 0.4) is 0 Å². The van der Waals surface area contributed by atoms with Gasteiger partial charge in [-0.1, -0.05) is 30.1 Å². The van der Waals surface area contributed by atoms with Gasteiger partial charge in [0.1, 0.15) is 10.1 Å². The van der Waals surface area contributed by atoms with Crippen LogP contribution in [-0.4, -0.2) is 22.2 Å². The van der Waals surface area contributed by atoms with Crippen molar-refractivity contribution in [2.45, 2.75) is 0 Å². The van der Waals surface area contributed by atoms with Crippen molar-refractivity contribution in [3.8, 4) is 0 Å². The molecule has 82 valence electrons.